The van der Waals surface area contributed by atoms with Crippen LogP contribution in [-0.4, -0.2) is 41.1 Å². The fourth-order valence-electron chi connectivity index (χ4n) is 2.78. The summed E-state index contributed by atoms with van der Waals surface area (Å²) in [6.45, 7) is 1.82. The topological polar surface area (TPSA) is 91.4 Å². The number of carbonyl (C=O) groups is 2. The van der Waals surface area contributed by atoms with Gasteiger partial charge in [-0.05, 0) is 25.1 Å². The molecule has 6 heteroatoms. The highest BCUT2D eigenvalue weighted by atomic mass is 16.5. The zero-order chi connectivity index (χ0) is 18.5. The van der Waals surface area contributed by atoms with E-state index in [-0.39, 0.29) is 12.4 Å². The van der Waals surface area contributed by atoms with Crippen LogP contribution in [0.4, 0.5) is 5.69 Å². The Balaban J connectivity index is 1.76. The lowest BCUT2D eigenvalue weighted by molar-refractivity contribution is 0.0320. The number of benzene rings is 2. The van der Waals surface area contributed by atoms with E-state index in [1.54, 1.807) is 37.4 Å². The van der Waals surface area contributed by atoms with Gasteiger partial charge in [0.15, 0.2) is 6.10 Å². The quantitative estimate of drug-likeness (QED) is 0.449. The number of ether oxygens (including phenoxy) is 1. The molecule has 0 radical (unpaired) electrons. The molecule has 0 fully saturated rings. The van der Waals surface area contributed by atoms with E-state index in [0.29, 0.717) is 23.4 Å². The molecule has 26 heavy (non-hydrogen) atoms. The first-order valence-electron chi connectivity index (χ1n) is 8.37. The van der Waals surface area contributed by atoms with Gasteiger partial charge in [-0.15, -0.1) is 0 Å². The number of aromatic nitrogens is 1. The number of fused-ring (bicyclic) bond motifs is 1. The van der Waals surface area contributed by atoms with Gasteiger partial charge in [0, 0.05) is 34.9 Å². The fourth-order valence-corrected chi connectivity index (χ4v) is 2.78. The number of aliphatic hydroxyl groups is 1. The van der Waals surface area contributed by atoms with Gasteiger partial charge < -0.3 is 20.1 Å². The standard InChI is InChI=1S/C20H20N2O4/c1-13(19(24)16-12-22-17-8-4-2-6-14(16)17)26-20(25)15-7-3-5-9-18(15)21-10-11-23/h2-9,12-13,21-23H,10-11H2,1H3/t13-/m0/s1. The smallest absolute Gasteiger partial charge is 0.340 e. The van der Waals surface area contributed by atoms with Crippen LogP contribution in [0, 0.1) is 0 Å². The van der Waals surface area contributed by atoms with E-state index in [4.69, 9.17) is 9.84 Å². The van der Waals surface area contributed by atoms with Crippen molar-refractivity contribution in [1.29, 1.82) is 0 Å². The van der Waals surface area contributed by atoms with Crippen molar-refractivity contribution in [2.45, 2.75) is 13.0 Å². The molecule has 1 heterocycles. The summed E-state index contributed by atoms with van der Waals surface area (Å²) in [5, 5.41) is 12.7. The van der Waals surface area contributed by atoms with E-state index < -0.39 is 12.1 Å². The summed E-state index contributed by atoms with van der Waals surface area (Å²) in [6.07, 6.45) is 0.710. The Kier molecular flexibility index (Phi) is 5.34. The first-order valence-corrected chi connectivity index (χ1v) is 8.37. The Morgan fingerprint density at radius 3 is 2.65 bits per heavy atom. The summed E-state index contributed by atoms with van der Waals surface area (Å²) >= 11 is 0. The minimum absolute atomic E-state index is 0.0567. The normalized spacial score (nSPS) is 11.9. The second kappa shape index (κ2) is 7.84. The number of aliphatic hydroxyl groups excluding tert-OH is 1. The molecule has 0 aliphatic carbocycles. The number of esters is 1. The largest absolute Gasteiger partial charge is 0.451 e. The zero-order valence-corrected chi connectivity index (χ0v) is 14.4. The van der Waals surface area contributed by atoms with Gasteiger partial charge in [-0.2, -0.15) is 0 Å². The maximum atomic E-state index is 12.7. The first kappa shape index (κ1) is 17.7. The highest BCUT2D eigenvalue weighted by molar-refractivity contribution is 6.10. The molecule has 0 unspecified atom stereocenters. The summed E-state index contributed by atoms with van der Waals surface area (Å²) in [5.74, 6) is -0.858. The molecule has 0 aliphatic heterocycles. The summed E-state index contributed by atoms with van der Waals surface area (Å²) in [6, 6.07) is 14.3. The van der Waals surface area contributed by atoms with Gasteiger partial charge in [0.2, 0.25) is 5.78 Å². The Bertz CT molecular complexity index is 932. The molecular formula is C20H20N2O4. The summed E-state index contributed by atoms with van der Waals surface area (Å²) < 4.78 is 5.39. The van der Waals surface area contributed by atoms with Crippen LogP contribution < -0.4 is 5.32 Å². The number of rotatable bonds is 7. The molecule has 0 saturated carbocycles. The number of nitrogens with one attached hydrogen (secondary N) is 2. The maximum Gasteiger partial charge on any atom is 0.340 e. The lowest BCUT2D eigenvalue weighted by Gasteiger charge is -2.14. The molecule has 0 spiro atoms. The Morgan fingerprint density at radius 2 is 1.85 bits per heavy atom. The van der Waals surface area contributed by atoms with Crippen molar-refractivity contribution < 1.29 is 19.4 Å². The Morgan fingerprint density at radius 1 is 1.12 bits per heavy atom. The van der Waals surface area contributed by atoms with Gasteiger partial charge in [0.05, 0.1) is 12.2 Å². The summed E-state index contributed by atoms with van der Waals surface area (Å²) in [7, 11) is 0. The predicted molar refractivity (Wildman–Crippen MR) is 99.5 cm³/mol. The number of Topliss-reactive ketones (excluding diaryl/α,β-unsaturated/α-hetero) is 1. The third-order valence-corrected chi connectivity index (χ3v) is 4.08. The number of H-pyrrole nitrogens is 1. The molecule has 0 saturated heterocycles. The van der Waals surface area contributed by atoms with Crippen LogP contribution in [-0.2, 0) is 4.74 Å². The Labute approximate surface area is 150 Å². The Hall–Kier alpha value is -3.12. The van der Waals surface area contributed by atoms with E-state index in [9.17, 15) is 9.59 Å². The second-order valence-electron chi connectivity index (χ2n) is 5.86. The number of para-hydroxylation sites is 2. The van der Waals surface area contributed by atoms with Crippen molar-refractivity contribution in [2.24, 2.45) is 0 Å². The predicted octanol–water partition coefficient (Wildman–Crippen LogP) is 3.00. The average molecular weight is 352 g/mol. The van der Waals surface area contributed by atoms with Gasteiger partial charge in [0.1, 0.15) is 0 Å². The lowest BCUT2D eigenvalue weighted by atomic mass is 10.1. The molecule has 3 N–H and O–H groups in total. The van der Waals surface area contributed by atoms with E-state index in [2.05, 4.69) is 10.3 Å². The van der Waals surface area contributed by atoms with Crippen molar-refractivity contribution in [1.82, 2.24) is 4.98 Å². The first-order chi connectivity index (χ1) is 12.6. The number of ketones is 1. The van der Waals surface area contributed by atoms with Crippen LogP contribution in [0.1, 0.15) is 27.6 Å². The molecule has 0 bridgehead atoms. The highest BCUT2D eigenvalue weighted by Crippen LogP contribution is 2.21. The van der Waals surface area contributed by atoms with Crippen molar-refractivity contribution in [3.8, 4) is 0 Å². The number of anilines is 1. The number of hydrogen-bond donors (Lipinski definition) is 3. The van der Waals surface area contributed by atoms with Gasteiger partial charge in [-0.25, -0.2) is 4.79 Å². The number of aromatic amines is 1. The lowest BCUT2D eigenvalue weighted by Crippen LogP contribution is -2.25. The van der Waals surface area contributed by atoms with Crippen LogP contribution >= 0.6 is 0 Å². The van der Waals surface area contributed by atoms with Crippen LogP contribution in [0.15, 0.2) is 54.7 Å². The minimum Gasteiger partial charge on any atom is -0.451 e. The van der Waals surface area contributed by atoms with Gasteiger partial charge in [-0.1, -0.05) is 30.3 Å². The van der Waals surface area contributed by atoms with Gasteiger partial charge >= 0.3 is 5.97 Å². The molecule has 3 rings (SSSR count). The van der Waals surface area contributed by atoms with Crippen molar-refractivity contribution >= 4 is 28.3 Å². The summed E-state index contributed by atoms with van der Waals surface area (Å²) in [5.41, 5.74) is 2.22. The van der Waals surface area contributed by atoms with Gasteiger partial charge in [-0.3, -0.25) is 4.79 Å². The van der Waals surface area contributed by atoms with E-state index in [1.165, 1.54) is 0 Å². The van der Waals surface area contributed by atoms with E-state index in [1.807, 2.05) is 24.3 Å². The fraction of sp³-hybridized carbons (Fsp3) is 0.200. The molecule has 0 amide bonds. The minimum atomic E-state index is -0.924. The van der Waals surface area contributed by atoms with Crippen molar-refractivity contribution in [3.05, 3.63) is 65.9 Å². The summed E-state index contributed by atoms with van der Waals surface area (Å²) in [4.78, 5) is 28.2. The number of carbonyl (C=O) groups excluding carboxylic acids is 2. The molecule has 0 aliphatic rings. The van der Waals surface area contributed by atoms with E-state index >= 15 is 0 Å². The van der Waals surface area contributed by atoms with Crippen LogP contribution in [0.2, 0.25) is 0 Å². The SMILES string of the molecule is C[C@H](OC(=O)c1ccccc1NCCO)C(=O)c1c[nH]c2ccccc12. The molecule has 3 aromatic rings. The third-order valence-electron chi connectivity index (χ3n) is 4.08. The monoisotopic (exact) mass is 352 g/mol. The molecule has 1 atom stereocenters. The van der Waals surface area contributed by atoms with Crippen molar-refractivity contribution in [2.75, 3.05) is 18.5 Å². The molecule has 1 aromatic heterocycles. The van der Waals surface area contributed by atoms with Crippen LogP contribution in [0.5, 0.6) is 0 Å². The third kappa shape index (κ3) is 3.60. The second-order valence-corrected chi connectivity index (χ2v) is 5.86. The molecule has 6 nitrogen and oxygen atoms in total. The van der Waals surface area contributed by atoms with E-state index in [0.717, 1.165) is 10.9 Å². The van der Waals surface area contributed by atoms with Crippen LogP contribution in [0.3, 0.4) is 0 Å². The maximum absolute atomic E-state index is 12.7. The molecule has 2 aromatic carbocycles. The molecule has 134 valence electrons. The molecular weight excluding hydrogens is 332 g/mol. The highest BCUT2D eigenvalue weighted by Gasteiger charge is 2.23. The van der Waals surface area contributed by atoms with Crippen molar-refractivity contribution in [3.63, 3.8) is 0 Å². The number of hydrogen-bond acceptors (Lipinski definition) is 5. The average Bonchev–Trinajstić information content (AvgIpc) is 3.10. The van der Waals surface area contributed by atoms with Crippen LogP contribution in [0.25, 0.3) is 10.9 Å². The van der Waals surface area contributed by atoms with Gasteiger partial charge in [0.25, 0.3) is 0 Å². The zero-order valence-electron chi connectivity index (χ0n) is 14.4.